The highest BCUT2D eigenvalue weighted by Crippen LogP contribution is 2.32. The molecule has 0 atom stereocenters. The predicted molar refractivity (Wildman–Crippen MR) is 69.9 cm³/mol. The largest absolute Gasteiger partial charge is 0.482 e. The molecule has 1 aromatic rings. The molecule has 1 aliphatic rings. The second-order valence-electron chi connectivity index (χ2n) is 4.20. The maximum Gasteiger partial charge on any atom is 0.323 e. The third-order valence-corrected chi connectivity index (χ3v) is 2.80. The Balaban J connectivity index is 2.33. The molecular weight excluding hydrogens is 264 g/mol. The fourth-order valence-corrected chi connectivity index (χ4v) is 1.92. The van der Waals surface area contributed by atoms with Gasteiger partial charge in [0.1, 0.15) is 12.3 Å². The number of hydrogen-bond acceptors (Lipinski definition) is 4. The van der Waals surface area contributed by atoms with Crippen molar-refractivity contribution >= 4 is 23.5 Å². The highest BCUT2D eigenvalue weighted by molar-refractivity contribution is 6.02. The normalized spacial score (nSPS) is 13.4. The first-order chi connectivity index (χ1) is 9.52. The summed E-state index contributed by atoms with van der Waals surface area (Å²) in [7, 11) is 0. The van der Waals surface area contributed by atoms with Crippen LogP contribution >= 0.6 is 0 Å². The van der Waals surface area contributed by atoms with Gasteiger partial charge in [0.2, 0.25) is 0 Å². The van der Waals surface area contributed by atoms with Crippen molar-refractivity contribution in [3.05, 3.63) is 23.8 Å². The number of nitrogens with zero attached hydrogens (tertiary/aromatic N) is 1. The number of carboxylic acids is 1. The Kier molecular flexibility index (Phi) is 3.88. The molecule has 2 rings (SSSR count). The minimum Gasteiger partial charge on any atom is -0.482 e. The molecule has 0 spiro atoms. The predicted octanol–water partition coefficient (Wildman–Crippen LogP) is 0.246. The molecule has 0 saturated carbocycles. The van der Waals surface area contributed by atoms with Crippen LogP contribution in [0.2, 0.25) is 0 Å². The van der Waals surface area contributed by atoms with Gasteiger partial charge in [0.25, 0.3) is 11.8 Å². The standard InChI is InChI=1S/C13H14N2O5/c1-2-14-13(19)8-3-4-9-10(5-8)20-7-11(16)15(9)6-12(17)18/h3-5H,2,6-7H2,1H3,(H,14,19)(H,17,18). The molecule has 1 aromatic carbocycles. The van der Waals surface area contributed by atoms with Crippen molar-refractivity contribution in [3.63, 3.8) is 0 Å². The Morgan fingerprint density at radius 1 is 1.45 bits per heavy atom. The Morgan fingerprint density at radius 3 is 2.85 bits per heavy atom. The first-order valence-electron chi connectivity index (χ1n) is 6.10. The highest BCUT2D eigenvalue weighted by atomic mass is 16.5. The molecule has 2 amide bonds. The van der Waals surface area contributed by atoms with Crippen molar-refractivity contribution < 1.29 is 24.2 Å². The summed E-state index contributed by atoms with van der Waals surface area (Å²) in [4.78, 5) is 35.3. The average molecular weight is 278 g/mol. The van der Waals surface area contributed by atoms with Crippen LogP contribution in [0.1, 0.15) is 17.3 Å². The van der Waals surface area contributed by atoms with Gasteiger partial charge < -0.3 is 15.2 Å². The van der Waals surface area contributed by atoms with Crippen molar-refractivity contribution in [2.45, 2.75) is 6.92 Å². The second kappa shape index (κ2) is 5.60. The van der Waals surface area contributed by atoms with Gasteiger partial charge in [-0.1, -0.05) is 0 Å². The van der Waals surface area contributed by atoms with E-state index in [1.807, 2.05) is 0 Å². The van der Waals surface area contributed by atoms with Crippen LogP contribution < -0.4 is 15.0 Å². The SMILES string of the molecule is CCNC(=O)c1ccc2c(c1)OCC(=O)N2CC(=O)O. The Bertz CT molecular complexity index is 570. The number of carboxylic acid groups (broad SMARTS) is 1. The van der Waals surface area contributed by atoms with Crippen LogP contribution in [-0.2, 0) is 9.59 Å². The number of nitrogens with one attached hydrogen (secondary N) is 1. The molecule has 0 aliphatic carbocycles. The Labute approximate surface area is 115 Å². The molecule has 0 bridgehead atoms. The lowest BCUT2D eigenvalue weighted by atomic mass is 10.1. The van der Waals surface area contributed by atoms with E-state index >= 15 is 0 Å². The summed E-state index contributed by atoms with van der Waals surface area (Å²) in [6, 6.07) is 4.54. The van der Waals surface area contributed by atoms with E-state index in [-0.39, 0.29) is 12.5 Å². The molecule has 1 heterocycles. The number of benzene rings is 1. The van der Waals surface area contributed by atoms with Crippen LogP contribution in [0.15, 0.2) is 18.2 Å². The highest BCUT2D eigenvalue weighted by Gasteiger charge is 2.27. The van der Waals surface area contributed by atoms with Gasteiger partial charge in [-0.15, -0.1) is 0 Å². The van der Waals surface area contributed by atoms with Gasteiger partial charge >= 0.3 is 5.97 Å². The Hall–Kier alpha value is -2.57. The zero-order valence-electron chi connectivity index (χ0n) is 10.9. The van der Waals surface area contributed by atoms with E-state index in [2.05, 4.69) is 5.32 Å². The number of amides is 2. The summed E-state index contributed by atoms with van der Waals surface area (Å²) < 4.78 is 5.25. The molecule has 7 nitrogen and oxygen atoms in total. The summed E-state index contributed by atoms with van der Waals surface area (Å²) in [5.74, 6) is -1.46. The topological polar surface area (TPSA) is 95.9 Å². The van der Waals surface area contributed by atoms with Gasteiger partial charge in [0.15, 0.2) is 6.61 Å². The number of ether oxygens (including phenoxy) is 1. The maximum absolute atomic E-state index is 11.7. The van der Waals surface area contributed by atoms with Crippen LogP contribution in [0.25, 0.3) is 0 Å². The fraction of sp³-hybridized carbons (Fsp3) is 0.308. The van der Waals surface area contributed by atoms with Crippen molar-refractivity contribution in [1.82, 2.24) is 5.32 Å². The molecule has 2 N–H and O–H groups in total. The van der Waals surface area contributed by atoms with Crippen LogP contribution in [0.3, 0.4) is 0 Å². The molecule has 20 heavy (non-hydrogen) atoms. The number of aliphatic carboxylic acids is 1. The quantitative estimate of drug-likeness (QED) is 0.822. The van der Waals surface area contributed by atoms with Crippen LogP contribution in [0.4, 0.5) is 5.69 Å². The third-order valence-electron chi connectivity index (χ3n) is 2.80. The van der Waals surface area contributed by atoms with Crippen molar-refractivity contribution in [2.75, 3.05) is 24.6 Å². The lowest BCUT2D eigenvalue weighted by molar-refractivity contribution is -0.137. The van der Waals surface area contributed by atoms with Crippen LogP contribution in [0.5, 0.6) is 5.75 Å². The van der Waals surface area contributed by atoms with E-state index in [1.165, 1.54) is 18.2 Å². The molecule has 0 radical (unpaired) electrons. The van der Waals surface area contributed by atoms with Crippen molar-refractivity contribution in [2.24, 2.45) is 0 Å². The van der Waals surface area contributed by atoms with E-state index in [0.29, 0.717) is 23.5 Å². The first-order valence-corrected chi connectivity index (χ1v) is 6.10. The van der Waals surface area contributed by atoms with E-state index < -0.39 is 18.4 Å². The zero-order valence-corrected chi connectivity index (χ0v) is 10.9. The zero-order chi connectivity index (χ0) is 14.7. The maximum atomic E-state index is 11.7. The molecular formula is C13H14N2O5. The van der Waals surface area contributed by atoms with E-state index in [1.54, 1.807) is 6.92 Å². The Morgan fingerprint density at radius 2 is 2.20 bits per heavy atom. The molecule has 0 aromatic heterocycles. The smallest absolute Gasteiger partial charge is 0.323 e. The van der Waals surface area contributed by atoms with E-state index in [9.17, 15) is 14.4 Å². The first kappa shape index (κ1) is 13.9. The summed E-state index contributed by atoms with van der Waals surface area (Å²) in [5.41, 5.74) is 0.756. The fourth-order valence-electron chi connectivity index (χ4n) is 1.92. The number of carbonyl (C=O) groups is 3. The molecule has 1 aliphatic heterocycles. The second-order valence-corrected chi connectivity index (χ2v) is 4.20. The van der Waals surface area contributed by atoms with Crippen LogP contribution in [0, 0.1) is 0 Å². The van der Waals surface area contributed by atoms with Crippen molar-refractivity contribution in [3.8, 4) is 5.75 Å². The van der Waals surface area contributed by atoms with Gasteiger partial charge in [-0.05, 0) is 25.1 Å². The summed E-state index contributed by atoms with van der Waals surface area (Å²) in [6.45, 7) is 1.63. The molecule has 7 heteroatoms. The number of rotatable bonds is 4. The molecule has 0 fully saturated rings. The number of carbonyl (C=O) groups excluding carboxylic acids is 2. The molecule has 0 saturated heterocycles. The minimum atomic E-state index is -1.11. The van der Waals surface area contributed by atoms with Gasteiger partial charge in [0, 0.05) is 12.1 Å². The number of fused-ring (bicyclic) bond motifs is 1. The molecule has 0 unspecified atom stereocenters. The lowest BCUT2D eigenvalue weighted by Gasteiger charge is -2.28. The number of anilines is 1. The van der Waals surface area contributed by atoms with Crippen LogP contribution in [-0.4, -0.2) is 42.6 Å². The van der Waals surface area contributed by atoms with Gasteiger partial charge in [-0.3, -0.25) is 19.3 Å². The van der Waals surface area contributed by atoms with E-state index in [4.69, 9.17) is 9.84 Å². The van der Waals surface area contributed by atoms with Gasteiger partial charge in [-0.2, -0.15) is 0 Å². The summed E-state index contributed by atoms with van der Waals surface area (Å²) >= 11 is 0. The van der Waals surface area contributed by atoms with Gasteiger partial charge in [-0.25, -0.2) is 0 Å². The minimum absolute atomic E-state index is 0.237. The average Bonchev–Trinajstić information content (AvgIpc) is 2.41. The monoisotopic (exact) mass is 278 g/mol. The molecule has 106 valence electrons. The summed E-state index contributed by atoms with van der Waals surface area (Å²) in [5, 5.41) is 11.5. The third kappa shape index (κ3) is 2.71. The summed E-state index contributed by atoms with van der Waals surface area (Å²) in [6.07, 6.45) is 0. The van der Waals surface area contributed by atoms with Gasteiger partial charge in [0.05, 0.1) is 5.69 Å². The van der Waals surface area contributed by atoms with Crippen molar-refractivity contribution in [1.29, 1.82) is 0 Å². The van der Waals surface area contributed by atoms with E-state index in [0.717, 1.165) is 4.90 Å². The number of hydrogen-bond donors (Lipinski definition) is 2. The lowest BCUT2D eigenvalue weighted by Crippen LogP contribution is -2.42.